The SMILES string of the molecule is COC(=O)c1cc2ccccc2nc1-c1ccc2ccccc2c1. The molecule has 116 valence electrons. The summed E-state index contributed by atoms with van der Waals surface area (Å²) in [5.74, 6) is -0.378. The van der Waals surface area contributed by atoms with Crippen LogP contribution in [-0.2, 0) is 4.74 Å². The van der Waals surface area contributed by atoms with Gasteiger partial charge in [-0.1, -0.05) is 54.6 Å². The lowest BCUT2D eigenvalue weighted by Crippen LogP contribution is -2.05. The summed E-state index contributed by atoms with van der Waals surface area (Å²) in [6.45, 7) is 0. The molecular weight excluding hydrogens is 298 g/mol. The van der Waals surface area contributed by atoms with Crippen molar-refractivity contribution in [1.29, 1.82) is 0 Å². The number of benzene rings is 3. The minimum absolute atomic E-state index is 0.378. The summed E-state index contributed by atoms with van der Waals surface area (Å²) in [5.41, 5.74) is 2.88. The molecule has 0 aliphatic rings. The Morgan fingerprint density at radius 2 is 1.54 bits per heavy atom. The summed E-state index contributed by atoms with van der Waals surface area (Å²) in [6.07, 6.45) is 0. The van der Waals surface area contributed by atoms with Gasteiger partial charge in [0.25, 0.3) is 0 Å². The molecule has 4 aromatic rings. The number of hydrogen-bond donors (Lipinski definition) is 0. The van der Waals surface area contributed by atoms with E-state index in [2.05, 4.69) is 18.2 Å². The molecular formula is C21H15NO2. The average molecular weight is 313 g/mol. The van der Waals surface area contributed by atoms with Crippen LogP contribution in [0, 0.1) is 0 Å². The molecule has 1 aromatic heterocycles. The molecule has 0 atom stereocenters. The zero-order valence-electron chi connectivity index (χ0n) is 13.2. The minimum atomic E-state index is -0.378. The number of nitrogens with zero attached hydrogens (tertiary/aromatic N) is 1. The van der Waals surface area contributed by atoms with Crippen molar-refractivity contribution in [2.75, 3.05) is 7.11 Å². The molecule has 3 aromatic carbocycles. The number of methoxy groups -OCH3 is 1. The Kier molecular flexibility index (Phi) is 3.47. The highest BCUT2D eigenvalue weighted by molar-refractivity contribution is 6.01. The van der Waals surface area contributed by atoms with E-state index in [0.717, 1.165) is 27.2 Å². The van der Waals surface area contributed by atoms with Crippen LogP contribution in [0.2, 0.25) is 0 Å². The van der Waals surface area contributed by atoms with Crippen LogP contribution in [0.15, 0.2) is 72.8 Å². The monoisotopic (exact) mass is 313 g/mol. The van der Waals surface area contributed by atoms with E-state index in [1.165, 1.54) is 7.11 Å². The first-order valence-corrected chi connectivity index (χ1v) is 7.73. The first-order chi connectivity index (χ1) is 11.8. The Balaban J connectivity index is 2.00. The maximum absolute atomic E-state index is 12.3. The second-order valence-electron chi connectivity index (χ2n) is 5.63. The molecule has 0 radical (unpaired) electrons. The van der Waals surface area contributed by atoms with Crippen LogP contribution < -0.4 is 0 Å². The molecule has 0 amide bonds. The van der Waals surface area contributed by atoms with Crippen LogP contribution in [0.3, 0.4) is 0 Å². The normalized spacial score (nSPS) is 10.9. The molecule has 3 heteroatoms. The molecule has 0 unspecified atom stereocenters. The van der Waals surface area contributed by atoms with Gasteiger partial charge in [0.05, 0.1) is 23.9 Å². The van der Waals surface area contributed by atoms with Crippen LogP contribution in [0.1, 0.15) is 10.4 Å². The van der Waals surface area contributed by atoms with Crippen molar-refractivity contribution in [2.24, 2.45) is 0 Å². The summed E-state index contributed by atoms with van der Waals surface area (Å²) < 4.78 is 4.96. The quantitative estimate of drug-likeness (QED) is 0.497. The molecule has 0 saturated carbocycles. The topological polar surface area (TPSA) is 39.2 Å². The maximum Gasteiger partial charge on any atom is 0.340 e. The van der Waals surface area contributed by atoms with Crippen molar-refractivity contribution >= 4 is 27.6 Å². The van der Waals surface area contributed by atoms with Crippen LogP contribution >= 0.6 is 0 Å². The fourth-order valence-corrected chi connectivity index (χ4v) is 2.94. The van der Waals surface area contributed by atoms with E-state index in [4.69, 9.17) is 9.72 Å². The molecule has 0 bridgehead atoms. The first-order valence-electron chi connectivity index (χ1n) is 7.73. The van der Waals surface area contributed by atoms with Gasteiger partial charge in [0.15, 0.2) is 0 Å². The van der Waals surface area contributed by atoms with Crippen molar-refractivity contribution in [1.82, 2.24) is 4.98 Å². The molecule has 0 saturated heterocycles. The number of ether oxygens (including phenoxy) is 1. The molecule has 24 heavy (non-hydrogen) atoms. The molecule has 4 rings (SSSR count). The number of rotatable bonds is 2. The number of aromatic nitrogens is 1. The largest absolute Gasteiger partial charge is 0.465 e. The van der Waals surface area contributed by atoms with Gasteiger partial charge in [-0.3, -0.25) is 0 Å². The van der Waals surface area contributed by atoms with E-state index in [1.807, 2.05) is 54.6 Å². The van der Waals surface area contributed by atoms with Crippen molar-refractivity contribution in [3.63, 3.8) is 0 Å². The maximum atomic E-state index is 12.3. The van der Waals surface area contributed by atoms with Crippen LogP contribution in [0.5, 0.6) is 0 Å². The van der Waals surface area contributed by atoms with Crippen molar-refractivity contribution in [3.05, 3.63) is 78.4 Å². The standard InChI is InChI=1S/C21H15NO2/c1-24-21(23)18-13-16-8-4-5-9-19(16)22-20(18)17-11-10-14-6-2-3-7-15(14)12-17/h2-13H,1H3. The van der Waals surface area contributed by atoms with E-state index in [0.29, 0.717) is 11.3 Å². The number of esters is 1. The molecule has 0 spiro atoms. The lowest BCUT2D eigenvalue weighted by molar-refractivity contribution is 0.0601. The van der Waals surface area contributed by atoms with E-state index in [9.17, 15) is 4.79 Å². The smallest absolute Gasteiger partial charge is 0.340 e. The Morgan fingerprint density at radius 3 is 2.33 bits per heavy atom. The van der Waals surface area contributed by atoms with Crippen LogP contribution in [0.25, 0.3) is 32.9 Å². The Bertz CT molecular complexity index is 1070. The molecule has 1 heterocycles. The molecule has 0 N–H and O–H groups in total. The van der Waals surface area contributed by atoms with Gasteiger partial charge in [0.1, 0.15) is 0 Å². The lowest BCUT2D eigenvalue weighted by Gasteiger charge is -2.10. The number of hydrogen-bond acceptors (Lipinski definition) is 3. The van der Waals surface area contributed by atoms with Gasteiger partial charge in [-0.25, -0.2) is 9.78 Å². The summed E-state index contributed by atoms with van der Waals surface area (Å²) in [5, 5.41) is 3.19. The van der Waals surface area contributed by atoms with Crippen molar-refractivity contribution < 1.29 is 9.53 Å². The summed E-state index contributed by atoms with van der Waals surface area (Å²) in [6, 6.07) is 23.8. The Labute approximate surface area is 139 Å². The first kappa shape index (κ1) is 14.4. The van der Waals surface area contributed by atoms with Gasteiger partial charge in [0, 0.05) is 10.9 Å². The third-order valence-corrected chi connectivity index (χ3v) is 4.15. The second kappa shape index (κ2) is 5.78. The Morgan fingerprint density at radius 1 is 0.833 bits per heavy atom. The van der Waals surface area contributed by atoms with Crippen LogP contribution in [0.4, 0.5) is 0 Å². The summed E-state index contributed by atoms with van der Waals surface area (Å²) >= 11 is 0. The van der Waals surface area contributed by atoms with Gasteiger partial charge in [-0.15, -0.1) is 0 Å². The number of fused-ring (bicyclic) bond motifs is 2. The van der Waals surface area contributed by atoms with Gasteiger partial charge >= 0.3 is 5.97 Å². The van der Waals surface area contributed by atoms with Gasteiger partial charge in [-0.2, -0.15) is 0 Å². The molecule has 0 aliphatic carbocycles. The molecule has 0 fully saturated rings. The van der Waals surface area contributed by atoms with Gasteiger partial charge < -0.3 is 4.74 Å². The second-order valence-corrected chi connectivity index (χ2v) is 5.63. The number of carbonyl (C=O) groups excluding carboxylic acids is 1. The molecule has 0 aliphatic heterocycles. The van der Waals surface area contributed by atoms with Crippen molar-refractivity contribution in [2.45, 2.75) is 0 Å². The summed E-state index contributed by atoms with van der Waals surface area (Å²) in [4.78, 5) is 17.0. The zero-order chi connectivity index (χ0) is 16.5. The fraction of sp³-hybridized carbons (Fsp3) is 0.0476. The van der Waals surface area contributed by atoms with E-state index in [-0.39, 0.29) is 5.97 Å². The van der Waals surface area contributed by atoms with Gasteiger partial charge in [-0.05, 0) is 29.0 Å². The number of para-hydroxylation sites is 1. The highest BCUT2D eigenvalue weighted by Gasteiger charge is 2.16. The van der Waals surface area contributed by atoms with E-state index < -0.39 is 0 Å². The zero-order valence-corrected chi connectivity index (χ0v) is 13.2. The average Bonchev–Trinajstić information content (AvgIpc) is 2.66. The predicted molar refractivity (Wildman–Crippen MR) is 96.0 cm³/mol. The number of carbonyl (C=O) groups is 1. The third kappa shape index (κ3) is 2.40. The highest BCUT2D eigenvalue weighted by atomic mass is 16.5. The molecule has 3 nitrogen and oxygen atoms in total. The lowest BCUT2D eigenvalue weighted by atomic mass is 10.00. The Hall–Kier alpha value is -3.20. The van der Waals surface area contributed by atoms with Gasteiger partial charge in [0.2, 0.25) is 0 Å². The third-order valence-electron chi connectivity index (χ3n) is 4.15. The minimum Gasteiger partial charge on any atom is -0.465 e. The highest BCUT2D eigenvalue weighted by Crippen LogP contribution is 2.29. The van der Waals surface area contributed by atoms with E-state index >= 15 is 0 Å². The van der Waals surface area contributed by atoms with Crippen LogP contribution in [-0.4, -0.2) is 18.1 Å². The summed E-state index contributed by atoms with van der Waals surface area (Å²) in [7, 11) is 1.39. The predicted octanol–water partition coefficient (Wildman–Crippen LogP) is 4.84. The fourth-order valence-electron chi connectivity index (χ4n) is 2.94. The number of pyridine rings is 1. The van der Waals surface area contributed by atoms with Crippen molar-refractivity contribution in [3.8, 4) is 11.3 Å². The van der Waals surface area contributed by atoms with E-state index in [1.54, 1.807) is 0 Å².